The highest BCUT2D eigenvalue weighted by Gasteiger charge is 2.15. The molecule has 6 heteroatoms. The Morgan fingerprint density at radius 1 is 0.697 bits per heavy atom. The minimum absolute atomic E-state index is 0.424. The van der Waals surface area contributed by atoms with Crippen molar-refractivity contribution in [3.05, 3.63) is 59.7 Å². The topological polar surface area (TPSA) is 67.2 Å². The zero-order valence-electron chi connectivity index (χ0n) is 19.8. The van der Waals surface area contributed by atoms with Crippen LogP contribution in [0.4, 0.5) is 0 Å². The van der Waals surface area contributed by atoms with Crippen molar-refractivity contribution in [2.75, 3.05) is 39.4 Å². The van der Waals surface area contributed by atoms with Gasteiger partial charge in [-0.05, 0) is 48.2 Å². The molecule has 2 N–H and O–H groups in total. The van der Waals surface area contributed by atoms with Gasteiger partial charge in [-0.15, -0.1) is 0 Å². The summed E-state index contributed by atoms with van der Waals surface area (Å²) in [6.45, 7) is 9.45. The van der Waals surface area contributed by atoms with Crippen LogP contribution in [0.25, 0.3) is 0 Å². The second-order valence-electron chi connectivity index (χ2n) is 8.94. The van der Waals surface area contributed by atoms with Gasteiger partial charge in [0, 0.05) is 31.3 Å². The van der Waals surface area contributed by atoms with Gasteiger partial charge in [0.05, 0.1) is 38.0 Å². The summed E-state index contributed by atoms with van der Waals surface area (Å²) >= 11 is 0. The van der Waals surface area contributed by atoms with E-state index in [4.69, 9.17) is 9.47 Å². The van der Waals surface area contributed by atoms with Crippen molar-refractivity contribution in [2.45, 2.75) is 33.1 Å². The van der Waals surface area contributed by atoms with E-state index in [2.05, 4.69) is 83.0 Å². The van der Waals surface area contributed by atoms with E-state index in [1.54, 1.807) is 0 Å². The molecule has 0 saturated carbocycles. The Kier molecular flexibility index (Phi) is 8.23. The zero-order valence-corrected chi connectivity index (χ0v) is 19.8. The molecule has 2 unspecified atom stereocenters. The maximum Gasteiger partial charge on any atom is 0.119 e. The van der Waals surface area contributed by atoms with E-state index in [1.165, 1.54) is 11.1 Å². The Labute approximate surface area is 197 Å². The molecule has 0 amide bonds. The van der Waals surface area contributed by atoms with E-state index >= 15 is 0 Å². The van der Waals surface area contributed by atoms with E-state index in [0.717, 1.165) is 68.6 Å². The lowest BCUT2D eigenvalue weighted by Crippen LogP contribution is -2.26. The van der Waals surface area contributed by atoms with E-state index in [1.807, 2.05) is 0 Å². The predicted molar refractivity (Wildman–Crippen MR) is 135 cm³/mol. The molecule has 6 nitrogen and oxygen atoms in total. The van der Waals surface area contributed by atoms with Crippen LogP contribution in [0.5, 0.6) is 11.5 Å². The molecule has 0 spiro atoms. The van der Waals surface area contributed by atoms with Crippen LogP contribution in [-0.4, -0.2) is 51.1 Å². The molecule has 2 aliphatic rings. The third-order valence-electron chi connectivity index (χ3n) is 6.09. The van der Waals surface area contributed by atoms with Gasteiger partial charge in [-0.1, -0.05) is 38.1 Å². The van der Waals surface area contributed by atoms with Gasteiger partial charge in [0.1, 0.15) is 11.5 Å². The van der Waals surface area contributed by atoms with Crippen LogP contribution in [0.2, 0.25) is 0 Å². The third-order valence-corrected chi connectivity index (χ3v) is 6.09. The number of hydrogen-bond acceptors (Lipinski definition) is 6. The summed E-state index contributed by atoms with van der Waals surface area (Å²) in [6.07, 6.45) is 2.82. The quantitative estimate of drug-likeness (QED) is 0.484. The largest absolute Gasteiger partial charge is 0.493 e. The number of hydrogen-bond donors (Lipinski definition) is 2. The zero-order chi connectivity index (χ0) is 22.9. The fraction of sp³-hybridized carbons (Fsp3) is 0.481. The van der Waals surface area contributed by atoms with Gasteiger partial charge in [0.2, 0.25) is 0 Å². The fourth-order valence-electron chi connectivity index (χ4n) is 4.28. The number of aliphatic imine (C=N–C) groups is 2. The fourth-order valence-corrected chi connectivity index (χ4v) is 4.28. The maximum absolute atomic E-state index is 5.88. The lowest BCUT2D eigenvalue weighted by molar-refractivity contribution is 0.247. The van der Waals surface area contributed by atoms with Crippen LogP contribution >= 0.6 is 0 Å². The smallest absolute Gasteiger partial charge is 0.119 e. The van der Waals surface area contributed by atoms with E-state index < -0.39 is 0 Å². The lowest BCUT2D eigenvalue weighted by Gasteiger charge is -2.13. The standard InChI is InChI=1S/C27H36N4O2/c1-20(26-28-12-13-29-26)18-22-4-8-24(9-5-22)32-16-3-17-33-25-10-6-23(7-11-25)19-21(2)27-30-14-15-31-27/h4-11,20-21H,3,12-19H2,1-2H3,(H,28,29)(H,30,31). The molecule has 0 fully saturated rings. The Hall–Kier alpha value is -3.02. The Bertz CT molecular complexity index is 860. The van der Waals surface area contributed by atoms with E-state index in [9.17, 15) is 0 Å². The molecule has 0 saturated heterocycles. The summed E-state index contributed by atoms with van der Waals surface area (Å²) in [4.78, 5) is 9.04. The molecule has 4 rings (SSSR count). The lowest BCUT2D eigenvalue weighted by atomic mass is 10.00. The summed E-state index contributed by atoms with van der Waals surface area (Å²) in [5, 5.41) is 6.73. The average molecular weight is 449 g/mol. The van der Waals surface area contributed by atoms with Crippen molar-refractivity contribution in [3.8, 4) is 11.5 Å². The maximum atomic E-state index is 5.88. The van der Waals surface area contributed by atoms with Crippen molar-refractivity contribution in [2.24, 2.45) is 21.8 Å². The molecule has 2 atom stereocenters. The molecule has 2 aromatic rings. The van der Waals surface area contributed by atoms with Gasteiger partial charge in [0.15, 0.2) is 0 Å². The number of rotatable bonds is 12. The summed E-state index contributed by atoms with van der Waals surface area (Å²) in [5.74, 6) is 4.93. The van der Waals surface area contributed by atoms with Crippen molar-refractivity contribution in [1.29, 1.82) is 0 Å². The summed E-state index contributed by atoms with van der Waals surface area (Å²) in [5.41, 5.74) is 2.61. The van der Waals surface area contributed by atoms with Crippen molar-refractivity contribution < 1.29 is 9.47 Å². The number of benzene rings is 2. The van der Waals surface area contributed by atoms with E-state index in [0.29, 0.717) is 25.0 Å². The summed E-state index contributed by atoms with van der Waals surface area (Å²) < 4.78 is 11.8. The van der Waals surface area contributed by atoms with Crippen molar-refractivity contribution in [1.82, 2.24) is 10.6 Å². The highest BCUT2D eigenvalue weighted by Crippen LogP contribution is 2.18. The van der Waals surface area contributed by atoms with E-state index in [-0.39, 0.29) is 0 Å². The average Bonchev–Trinajstić information content (AvgIpc) is 3.56. The van der Waals surface area contributed by atoms with Gasteiger partial charge in [-0.3, -0.25) is 9.98 Å². The monoisotopic (exact) mass is 448 g/mol. The van der Waals surface area contributed by atoms with Crippen molar-refractivity contribution in [3.63, 3.8) is 0 Å². The molecule has 0 aliphatic carbocycles. The molecule has 0 aromatic heterocycles. The minimum Gasteiger partial charge on any atom is -0.493 e. The highest BCUT2D eigenvalue weighted by atomic mass is 16.5. The summed E-state index contributed by atoms with van der Waals surface area (Å²) in [6, 6.07) is 16.8. The molecular weight excluding hydrogens is 412 g/mol. The Morgan fingerprint density at radius 2 is 1.12 bits per heavy atom. The molecule has 176 valence electrons. The minimum atomic E-state index is 0.424. The van der Waals surface area contributed by atoms with Gasteiger partial charge in [0.25, 0.3) is 0 Å². The van der Waals surface area contributed by atoms with Crippen LogP contribution in [0, 0.1) is 11.8 Å². The number of nitrogens with one attached hydrogen (secondary N) is 2. The Morgan fingerprint density at radius 3 is 1.48 bits per heavy atom. The van der Waals surface area contributed by atoms with Crippen molar-refractivity contribution >= 4 is 11.7 Å². The molecule has 0 radical (unpaired) electrons. The molecular formula is C27H36N4O2. The first kappa shape index (κ1) is 23.1. The van der Waals surface area contributed by atoms with Gasteiger partial charge in [-0.2, -0.15) is 0 Å². The van der Waals surface area contributed by atoms with Gasteiger partial charge >= 0.3 is 0 Å². The van der Waals surface area contributed by atoms with Gasteiger partial charge in [-0.25, -0.2) is 0 Å². The first-order valence-corrected chi connectivity index (χ1v) is 12.2. The van der Waals surface area contributed by atoms with Crippen LogP contribution < -0.4 is 20.1 Å². The number of ether oxygens (including phenoxy) is 2. The number of nitrogens with zero attached hydrogens (tertiary/aromatic N) is 2. The normalized spacial score (nSPS) is 16.9. The predicted octanol–water partition coefficient (Wildman–Crippen LogP) is 3.90. The first-order valence-electron chi connectivity index (χ1n) is 12.2. The first-order chi connectivity index (χ1) is 16.2. The molecule has 33 heavy (non-hydrogen) atoms. The second kappa shape index (κ2) is 11.7. The molecule has 2 aliphatic heterocycles. The van der Waals surface area contributed by atoms with Crippen LogP contribution in [0.15, 0.2) is 58.5 Å². The number of amidine groups is 2. The van der Waals surface area contributed by atoms with Crippen LogP contribution in [0.3, 0.4) is 0 Å². The molecule has 2 heterocycles. The molecule has 0 bridgehead atoms. The SMILES string of the molecule is CC(Cc1ccc(OCCCOc2ccc(CC(C)C3=NCCN3)cc2)cc1)C1=NCCN1. The van der Waals surface area contributed by atoms with Crippen LogP contribution in [0.1, 0.15) is 31.4 Å². The summed E-state index contributed by atoms with van der Waals surface area (Å²) in [7, 11) is 0. The second-order valence-corrected chi connectivity index (χ2v) is 8.94. The third kappa shape index (κ3) is 6.98. The van der Waals surface area contributed by atoms with Crippen LogP contribution in [-0.2, 0) is 12.8 Å². The highest BCUT2D eigenvalue weighted by molar-refractivity contribution is 5.86. The molecule has 2 aromatic carbocycles. The Balaban J connectivity index is 1.12. The van der Waals surface area contributed by atoms with Gasteiger partial charge < -0.3 is 20.1 Å².